The van der Waals surface area contributed by atoms with E-state index in [1.165, 1.54) is 16.9 Å². The van der Waals surface area contributed by atoms with Crippen molar-refractivity contribution in [3.05, 3.63) is 63.8 Å². The van der Waals surface area contributed by atoms with Crippen molar-refractivity contribution in [2.24, 2.45) is 0 Å². The van der Waals surface area contributed by atoms with Crippen LogP contribution in [0.2, 0.25) is 0 Å². The maximum Gasteiger partial charge on any atom is 0.258 e. The average molecular weight is 327 g/mol. The van der Waals surface area contributed by atoms with Crippen LogP contribution in [0, 0.1) is 0 Å². The standard InChI is InChI=1S/C16H17N5OS/c22-15-9-13(19-16-21(15)7-8-23-16)11-20-6-5-18-10-14(20)12-1-3-17-4-2-12/h1-4,7-9,14,18H,5-6,10-11H2. The molecule has 1 unspecified atom stereocenters. The highest BCUT2D eigenvalue weighted by molar-refractivity contribution is 7.15. The van der Waals surface area contributed by atoms with Gasteiger partial charge in [0.05, 0.1) is 5.69 Å². The molecule has 1 saturated heterocycles. The second kappa shape index (κ2) is 6.19. The summed E-state index contributed by atoms with van der Waals surface area (Å²) in [6.45, 7) is 3.45. The van der Waals surface area contributed by atoms with Gasteiger partial charge in [-0.15, -0.1) is 11.3 Å². The molecule has 118 valence electrons. The van der Waals surface area contributed by atoms with Crippen molar-refractivity contribution in [1.82, 2.24) is 24.6 Å². The van der Waals surface area contributed by atoms with Crippen LogP contribution in [0.3, 0.4) is 0 Å². The number of fused-ring (bicyclic) bond motifs is 1. The number of rotatable bonds is 3. The first-order valence-electron chi connectivity index (χ1n) is 7.62. The summed E-state index contributed by atoms with van der Waals surface area (Å²) >= 11 is 1.49. The molecule has 3 aromatic heterocycles. The number of nitrogens with zero attached hydrogens (tertiary/aromatic N) is 4. The Morgan fingerprint density at radius 3 is 3.09 bits per heavy atom. The molecule has 1 fully saturated rings. The molecule has 23 heavy (non-hydrogen) atoms. The summed E-state index contributed by atoms with van der Waals surface area (Å²) in [5.74, 6) is 0. The van der Waals surface area contributed by atoms with Crippen molar-refractivity contribution in [1.29, 1.82) is 0 Å². The number of piperazine rings is 1. The van der Waals surface area contributed by atoms with Gasteiger partial charge in [-0.25, -0.2) is 4.98 Å². The van der Waals surface area contributed by atoms with E-state index in [1.807, 2.05) is 17.8 Å². The molecule has 0 spiro atoms. The first-order valence-corrected chi connectivity index (χ1v) is 8.50. The molecule has 4 rings (SSSR count). The summed E-state index contributed by atoms with van der Waals surface area (Å²) in [4.78, 5) is 24.0. The first-order chi connectivity index (χ1) is 11.3. The number of pyridine rings is 1. The molecule has 0 amide bonds. The molecule has 0 saturated carbocycles. The van der Waals surface area contributed by atoms with Gasteiger partial charge in [0, 0.05) is 62.3 Å². The first kappa shape index (κ1) is 14.5. The molecule has 0 aromatic carbocycles. The molecule has 1 N–H and O–H groups in total. The van der Waals surface area contributed by atoms with E-state index in [0.717, 1.165) is 30.3 Å². The largest absolute Gasteiger partial charge is 0.314 e. The third kappa shape index (κ3) is 2.90. The summed E-state index contributed by atoms with van der Waals surface area (Å²) in [5.41, 5.74) is 2.06. The van der Waals surface area contributed by atoms with Gasteiger partial charge in [-0.3, -0.25) is 19.1 Å². The molecular weight excluding hydrogens is 310 g/mol. The highest BCUT2D eigenvalue weighted by Gasteiger charge is 2.24. The third-order valence-electron chi connectivity index (χ3n) is 4.17. The maximum absolute atomic E-state index is 12.1. The lowest BCUT2D eigenvalue weighted by Crippen LogP contribution is -2.45. The van der Waals surface area contributed by atoms with E-state index >= 15 is 0 Å². The van der Waals surface area contributed by atoms with E-state index in [9.17, 15) is 4.79 Å². The van der Waals surface area contributed by atoms with E-state index in [2.05, 4.69) is 32.3 Å². The van der Waals surface area contributed by atoms with Crippen molar-refractivity contribution < 1.29 is 0 Å². The molecule has 6 nitrogen and oxygen atoms in total. The average Bonchev–Trinajstić information content (AvgIpc) is 3.05. The van der Waals surface area contributed by atoms with Gasteiger partial charge >= 0.3 is 0 Å². The Morgan fingerprint density at radius 2 is 2.22 bits per heavy atom. The van der Waals surface area contributed by atoms with Crippen LogP contribution in [-0.2, 0) is 6.54 Å². The van der Waals surface area contributed by atoms with Crippen LogP contribution in [0.1, 0.15) is 17.3 Å². The second-order valence-electron chi connectivity index (χ2n) is 5.61. The molecule has 3 aromatic rings. The number of aromatic nitrogens is 3. The lowest BCUT2D eigenvalue weighted by Gasteiger charge is -2.36. The maximum atomic E-state index is 12.1. The summed E-state index contributed by atoms with van der Waals surface area (Å²) in [6, 6.07) is 6.02. The van der Waals surface area contributed by atoms with Crippen LogP contribution < -0.4 is 10.9 Å². The van der Waals surface area contributed by atoms with Crippen LogP contribution in [0.25, 0.3) is 4.96 Å². The van der Waals surface area contributed by atoms with Gasteiger partial charge in [0.25, 0.3) is 5.56 Å². The summed E-state index contributed by atoms with van der Waals surface area (Å²) < 4.78 is 1.59. The third-order valence-corrected chi connectivity index (χ3v) is 4.92. The van der Waals surface area contributed by atoms with Crippen molar-refractivity contribution in [3.8, 4) is 0 Å². The Hall–Kier alpha value is -2.09. The topological polar surface area (TPSA) is 62.5 Å². The van der Waals surface area contributed by atoms with E-state index in [1.54, 1.807) is 16.7 Å². The summed E-state index contributed by atoms with van der Waals surface area (Å²) in [6.07, 6.45) is 5.42. The van der Waals surface area contributed by atoms with Crippen LogP contribution >= 0.6 is 11.3 Å². The molecule has 0 bridgehead atoms. The zero-order valence-corrected chi connectivity index (χ0v) is 13.4. The Balaban J connectivity index is 1.63. The van der Waals surface area contributed by atoms with Gasteiger partial charge in [0.1, 0.15) is 0 Å². The highest BCUT2D eigenvalue weighted by atomic mass is 32.1. The van der Waals surface area contributed by atoms with Crippen LogP contribution in [0.5, 0.6) is 0 Å². The van der Waals surface area contributed by atoms with Gasteiger partial charge in [-0.05, 0) is 17.7 Å². The van der Waals surface area contributed by atoms with Gasteiger partial charge in [-0.1, -0.05) is 0 Å². The monoisotopic (exact) mass is 327 g/mol. The molecule has 1 aliphatic heterocycles. The molecule has 0 aliphatic carbocycles. The number of hydrogen-bond acceptors (Lipinski definition) is 6. The fourth-order valence-corrected chi connectivity index (χ4v) is 3.77. The quantitative estimate of drug-likeness (QED) is 0.786. The number of hydrogen-bond donors (Lipinski definition) is 1. The highest BCUT2D eigenvalue weighted by Crippen LogP contribution is 2.23. The van der Waals surface area contributed by atoms with Gasteiger partial charge in [-0.2, -0.15) is 0 Å². The Bertz CT molecular complexity index is 860. The predicted octanol–water partition coefficient (Wildman–Crippen LogP) is 1.30. The Kier molecular flexibility index (Phi) is 3.90. The van der Waals surface area contributed by atoms with Gasteiger partial charge in [0.15, 0.2) is 4.96 Å². The fourth-order valence-electron chi connectivity index (χ4n) is 3.03. The molecule has 1 aliphatic rings. The molecule has 4 heterocycles. The van der Waals surface area contributed by atoms with Crippen molar-refractivity contribution >= 4 is 16.3 Å². The zero-order valence-electron chi connectivity index (χ0n) is 12.6. The predicted molar refractivity (Wildman–Crippen MR) is 89.6 cm³/mol. The number of thiazole rings is 1. The van der Waals surface area contributed by atoms with E-state index < -0.39 is 0 Å². The summed E-state index contributed by atoms with van der Waals surface area (Å²) in [7, 11) is 0. The molecule has 0 radical (unpaired) electrons. The summed E-state index contributed by atoms with van der Waals surface area (Å²) in [5, 5.41) is 5.33. The minimum Gasteiger partial charge on any atom is -0.314 e. The van der Waals surface area contributed by atoms with Crippen LogP contribution in [-0.4, -0.2) is 38.9 Å². The van der Waals surface area contributed by atoms with Crippen molar-refractivity contribution in [2.45, 2.75) is 12.6 Å². The minimum atomic E-state index is -0.0122. The van der Waals surface area contributed by atoms with Gasteiger partial charge < -0.3 is 5.32 Å². The number of nitrogens with one attached hydrogen (secondary N) is 1. The molecule has 7 heteroatoms. The molecule has 1 atom stereocenters. The minimum absolute atomic E-state index is 0.0122. The van der Waals surface area contributed by atoms with Crippen LogP contribution in [0.15, 0.2) is 47.0 Å². The smallest absolute Gasteiger partial charge is 0.258 e. The van der Waals surface area contributed by atoms with Crippen molar-refractivity contribution in [2.75, 3.05) is 19.6 Å². The van der Waals surface area contributed by atoms with E-state index in [-0.39, 0.29) is 11.6 Å². The Morgan fingerprint density at radius 1 is 1.35 bits per heavy atom. The van der Waals surface area contributed by atoms with E-state index in [4.69, 9.17) is 0 Å². The van der Waals surface area contributed by atoms with Crippen LogP contribution in [0.4, 0.5) is 0 Å². The zero-order chi connectivity index (χ0) is 15.6. The Labute approximate surface area is 137 Å². The molecular formula is C16H17N5OS. The lowest BCUT2D eigenvalue weighted by atomic mass is 10.0. The normalized spacial score (nSPS) is 19.2. The van der Waals surface area contributed by atoms with Crippen molar-refractivity contribution in [3.63, 3.8) is 0 Å². The van der Waals surface area contributed by atoms with E-state index in [0.29, 0.717) is 6.54 Å². The fraction of sp³-hybridized carbons (Fsp3) is 0.312. The van der Waals surface area contributed by atoms with Gasteiger partial charge in [0.2, 0.25) is 0 Å². The lowest BCUT2D eigenvalue weighted by molar-refractivity contribution is 0.152. The second-order valence-corrected chi connectivity index (χ2v) is 6.49. The SMILES string of the molecule is O=c1cc(CN2CCNCC2c2ccncc2)nc2sccn12.